The average Bonchev–Trinajstić information content (AvgIpc) is 2.99. The largest absolute Gasteiger partial charge is 0.322 e. The highest BCUT2D eigenvalue weighted by molar-refractivity contribution is 6.12. The van der Waals surface area contributed by atoms with Gasteiger partial charge in [0.1, 0.15) is 0 Å². The van der Waals surface area contributed by atoms with Gasteiger partial charge in [-0.3, -0.25) is 4.79 Å². The maximum Gasteiger partial charge on any atom is 0.256 e. The first-order chi connectivity index (χ1) is 12.4. The molecule has 0 radical (unpaired) electrons. The minimum atomic E-state index is -0.144. The number of pyridine rings is 1. The third-order valence-corrected chi connectivity index (χ3v) is 4.18. The second kappa shape index (κ2) is 7.25. The van der Waals surface area contributed by atoms with Crippen LogP contribution < -0.4 is 5.32 Å². The highest BCUT2D eigenvalue weighted by Gasteiger charge is 2.18. The first-order valence-corrected chi connectivity index (χ1v) is 8.75. The zero-order valence-corrected chi connectivity index (χ0v) is 15.9. The fourth-order valence-corrected chi connectivity index (χ4v) is 3.02. The molecule has 2 heterocycles. The van der Waals surface area contributed by atoms with E-state index in [9.17, 15) is 4.79 Å². The summed E-state index contributed by atoms with van der Waals surface area (Å²) in [7, 11) is 4.02. The van der Waals surface area contributed by atoms with E-state index < -0.39 is 0 Å². The molecule has 1 amide bonds. The number of carbonyl (C=O) groups excluding carboxylic acids is 1. The third kappa shape index (κ3) is 3.60. The summed E-state index contributed by atoms with van der Waals surface area (Å²) in [5, 5.41) is 8.24. The van der Waals surface area contributed by atoms with Crippen molar-refractivity contribution in [3.05, 3.63) is 53.3 Å². The summed E-state index contributed by atoms with van der Waals surface area (Å²) in [4.78, 5) is 19.7. The number of rotatable bonds is 5. The molecule has 0 saturated heterocycles. The van der Waals surface area contributed by atoms with Gasteiger partial charge in [0.2, 0.25) is 0 Å². The summed E-state index contributed by atoms with van der Waals surface area (Å²) < 4.78 is 1.85. The Morgan fingerprint density at radius 3 is 2.69 bits per heavy atom. The smallest absolute Gasteiger partial charge is 0.256 e. The van der Waals surface area contributed by atoms with Crippen molar-refractivity contribution in [2.75, 3.05) is 19.4 Å². The van der Waals surface area contributed by atoms with Gasteiger partial charge in [0, 0.05) is 24.0 Å². The number of nitrogens with zero attached hydrogens (tertiary/aromatic N) is 4. The number of aryl methyl sites for hydroxylation is 1. The van der Waals surface area contributed by atoms with Crippen LogP contribution in [0.3, 0.4) is 0 Å². The molecule has 26 heavy (non-hydrogen) atoms. The van der Waals surface area contributed by atoms with Gasteiger partial charge < -0.3 is 10.2 Å². The van der Waals surface area contributed by atoms with Crippen LogP contribution in [0.5, 0.6) is 0 Å². The van der Waals surface area contributed by atoms with Crippen LogP contribution >= 0.6 is 0 Å². The van der Waals surface area contributed by atoms with Crippen LogP contribution in [0.25, 0.3) is 11.0 Å². The van der Waals surface area contributed by atoms with Crippen molar-refractivity contribution in [2.24, 2.45) is 0 Å². The molecule has 0 saturated carbocycles. The lowest BCUT2D eigenvalue weighted by molar-refractivity contribution is 0.102. The highest BCUT2D eigenvalue weighted by Crippen LogP contribution is 2.23. The van der Waals surface area contributed by atoms with E-state index in [-0.39, 0.29) is 11.9 Å². The molecule has 3 rings (SSSR count). The Morgan fingerprint density at radius 1 is 1.27 bits per heavy atom. The summed E-state index contributed by atoms with van der Waals surface area (Å²) in [5.74, 6) is -0.144. The van der Waals surface area contributed by atoms with Crippen LogP contribution in [-0.4, -0.2) is 39.7 Å². The molecule has 0 aliphatic rings. The molecule has 3 aromatic rings. The van der Waals surface area contributed by atoms with Gasteiger partial charge in [-0.15, -0.1) is 0 Å². The average molecular weight is 351 g/mol. The van der Waals surface area contributed by atoms with Crippen LogP contribution in [0.2, 0.25) is 0 Å². The van der Waals surface area contributed by atoms with E-state index in [1.807, 2.05) is 69.9 Å². The predicted octanol–water partition coefficient (Wildman–Crippen LogP) is 3.63. The number of benzene rings is 1. The van der Waals surface area contributed by atoms with Crippen LogP contribution in [0.15, 0.2) is 36.5 Å². The molecule has 0 aliphatic carbocycles. The van der Waals surface area contributed by atoms with E-state index in [0.717, 1.165) is 34.5 Å². The zero-order chi connectivity index (χ0) is 18.8. The third-order valence-electron chi connectivity index (χ3n) is 4.18. The van der Waals surface area contributed by atoms with Crippen LogP contribution in [0.4, 0.5) is 5.69 Å². The lowest BCUT2D eigenvalue weighted by Gasteiger charge is -2.15. The Labute approximate surface area is 153 Å². The predicted molar refractivity (Wildman–Crippen MR) is 104 cm³/mol. The van der Waals surface area contributed by atoms with E-state index in [1.165, 1.54) is 0 Å². The van der Waals surface area contributed by atoms with Gasteiger partial charge >= 0.3 is 0 Å². The molecule has 0 spiro atoms. The van der Waals surface area contributed by atoms with Crippen molar-refractivity contribution in [1.82, 2.24) is 19.7 Å². The lowest BCUT2D eigenvalue weighted by Crippen LogP contribution is -2.17. The maximum absolute atomic E-state index is 13.0. The molecule has 2 aromatic heterocycles. The molecular weight excluding hydrogens is 326 g/mol. The molecule has 136 valence electrons. The maximum atomic E-state index is 13.0. The molecule has 0 fully saturated rings. The van der Waals surface area contributed by atoms with Crippen molar-refractivity contribution in [3.63, 3.8) is 0 Å². The Hall–Kier alpha value is -2.73. The number of anilines is 1. The van der Waals surface area contributed by atoms with Gasteiger partial charge in [0.15, 0.2) is 5.65 Å². The van der Waals surface area contributed by atoms with Crippen molar-refractivity contribution >= 4 is 22.6 Å². The number of para-hydroxylation sites is 1. The first-order valence-electron chi connectivity index (χ1n) is 8.75. The van der Waals surface area contributed by atoms with Crippen LogP contribution in [0.1, 0.15) is 41.5 Å². The van der Waals surface area contributed by atoms with Gasteiger partial charge in [-0.05, 0) is 52.6 Å². The van der Waals surface area contributed by atoms with Gasteiger partial charge in [0.25, 0.3) is 5.91 Å². The number of fused-ring (bicyclic) bond motifs is 1. The van der Waals surface area contributed by atoms with Gasteiger partial charge in [-0.1, -0.05) is 18.2 Å². The van der Waals surface area contributed by atoms with Gasteiger partial charge in [0.05, 0.1) is 17.1 Å². The highest BCUT2D eigenvalue weighted by atomic mass is 16.1. The minimum absolute atomic E-state index is 0.144. The number of carbonyl (C=O) groups is 1. The molecule has 0 aliphatic heterocycles. The van der Waals surface area contributed by atoms with Crippen molar-refractivity contribution in [2.45, 2.75) is 33.4 Å². The zero-order valence-electron chi connectivity index (χ0n) is 15.9. The van der Waals surface area contributed by atoms with Crippen LogP contribution in [0, 0.1) is 6.92 Å². The Morgan fingerprint density at radius 2 is 2.00 bits per heavy atom. The first kappa shape index (κ1) is 18.1. The van der Waals surface area contributed by atoms with E-state index in [1.54, 1.807) is 6.20 Å². The van der Waals surface area contributed by atoms with E-state index in [0.29, 0.717) is 5.56 Å². The molecule has 0 bridgehead atoms. The number of hydrogen-bond donors (Lipinski definition) is 1. The molecule has 6 heteroatoms. The number of amides is 1. The SMILES string of the molecule is Cc1cc(C(=O)Nc2ccccc2CN(C)C)c2cnn(C(C)C)c2n1. The van der Waals surface area contributed by atoms with Crippen LogP contribution in [-0.2, 0) is 6.54 Å². The Kier molecular flexibility index (Phi) is 5.04. The topological polar surface area (TPSA) is 63.1 Å². The molecule has 1 aromatic carbocycles. The molecule has 0 atom stereocenters. The Balaban J connectivity index is 1.99. The normalized spacial score (nSPS) is 11.5. The van der Waals surface area contributed by atoms with E-state index >= 15 is 0 Å². The van der Waals surface area contributed by atoms with E-state index in [4.69, 9.17) is 0 Å². The Bertz CT molecular complexity index is 943. The van der Waals surface area contributed by atoms with E-state index in [2.05, 4.69) is 20.3 Å². The van der Waals surface area contributed by atoms with Crippen molar-refractivity contribution in [3.8, 4) is 0 Å². The summed E-state index contributed by atoms with van der Waals surface area (Å²) in [5.41, 5.74) is 4.04. The molecule has 6 nitrogen and oxygen atoms in total. The summed E-state index contributed by atoms with van der Waals surface area (Å²) in [6.07, 6.45) is 1.72. The summed E-state index contributed by atoms with van der Waals surface area (Å²) in [6.45, 7) is 6.75. The quantitative estimate of drug-likeness (QED) is 0.762. The number of aromatic nitrogens is 3. The van der Waals surface area contributed by atoms with Gasteiger partial charge in [-0.25, -0.2) is 9.67 Å². The summed E-state index contributed by atoms with van der Waals surface area (Å²) >= 11 is 0. The summed E-state index contributed by atoms with van der Waals surface area (Å²) in [6, 6.07) is 9.87. The molecule has 0 unspecified atom stereocenters. The van der Waals surface area contributed by atoms with Gasteiger partial charge in [-0.2, -0.15) is 5.10 Å². The minimum Gasteiger partial charge on any atom is -0.322 e. The molecular formula is C20H25N5O. The monoisotopic (exact) mass is 351 g/mol. The lowest BCUT2D eigenvalue weighted by atomic mass is 10.1. The standard InChI is InChI=1S/C20H25N5O/c1-13(2)25-19-17(11-21-25)16(10-14(3)22-19)20(26)23-18-9-7-6-8-15(18)12-24(4)5/h6-11,13H,12H2,1-5H3,(H,23,26). The van der Waals surface area contributed by atoms with Crippen molar-refractivity contribution in [1.29, 1.82) is 0 Å². The number of nitrogens with one attached hydrogen (secondary N) is 1. The molecule has 1 N–H and O–H groups in total. The number of hydrogen-bond acceptors (Lipinski definition) is 4. The second-order valence-electron chi connectivity index (χ2n) is 7.08. The van der Waals surface area contributed by atoms with Crippen molar-refractivity contribution < 1.29 is 4.79 Å². The fourth-order valence-electron chi connectivity index (χ4n) is 3.02. The fraction of sp³-hybridized carbons (Fsp3) is 0.350. The second-order valence-corrected chi connectivity index (χ2v) is 7.08.